The minimum absolute atomic E-state index is 0.0379. The summed E-state index contributed by atoms with van der Waals surface area (Å²) in [6.45, 7) is 0.846. The number of benzene rings is 1. The summed E-state index contributed by atoms with van der Waals surface area (Å²) in [7, 11) is 0.143. The van der Waals surface area contributed by atoms with E-state index < -0.39 is 15.9 Å². The summed E-state index contributed by atoms with van der Waals surface area (Å²) in [5.74, 6) is 0.0653. The van der Waals surface area contributed by atoms with Crippen LogP contribution in [0.2, 0.25) is 0 Å². The highest BCUT2D eigenvalue weighted by Crippen LogP contribution is 2.41. The molecule has 180 valence electrons. The Kier molecular flexibility index (Phi) is 5.69. The molecule has 12 heteroatoms. The Morgan fingerprint density at radius 1 is 1.26 bits per heavy atom. The van der Waals surface area contributed by atoms with Crippen LogP contribution in [0.15, 0.2) is 15.5 Å². The number of hydrogen-bond donors (Lipinski definition) is 2. The third kappa shape index (κ3) is 3.69. The van der Waals surface area contributed by atoms with E-state index in [1.807, 2.05) is 19.0 Å². The van der Waals surface area contributed by atoms with Crippen molar-refractivity contribution in [3.63, 3.8) is 0 Å². The zero-order chi connectivity index (χ0) is 24.0. The average molecular weight is 488 g/mol. The van der Waals surface area contributed by atoms with Crippen molar-refractivity contribution < 1.29 is 18.1 Å². The molecule has 2 atom stereocenters. The smallest absolute Gasteiger partial charge is 0.355 e. The van der Waals surface area contributed by atoms with Crippen molar-refractivity contribution in [2.75, 3.05) is 26.0 Å². The normalized spacial score (nSPS) is 19.9. The third-order valence-electron chi connectivity index (χ3n) is 6.78. The van der Waals surface area contributed by atoms with E-state index in [0.29, 0.717) is 55.6 Å². The van der Waals surface area contributed by atoms with Crippen molar-refractivity contribution in [1.82, 2.24) is 19.4 Å². The Balaban J connectivity index is 1.51. The molecule has 0 fully saturated rings. The number of aromatic nitrogens is 2. The topological polar surface area (TPSA) is 125 Å². The van der Waals surface area contributed by atoms with Crippen LogP contribution >= 0.6 is 0 Å². The molecule has 5 rings (SSSR count). The van der Waals surface area contributed by atoms with E-state index in [1.54, 1.807) is 10.9 Å². The Labute approximate surface area is 197 Å². The fraction of sp³-hybridized carbons (Fsp3) is 0.500. The standard InChI is InChI=1S/C22H26FN7O3S/c1-29(2)13-10-30-21(33-11-13)18(9-25-30)34(32,26-12-24)28-22(31)27-20-16-7-3-5-14(16)19(23)15-6-4-8-17(15)20/h9,13H,3-8,10-11H2,1-2H3,(H2,26,27,28,31,32)/t13-,34-/m0/s1. The lowest BCUT2D eigenvalue weighted by atomic mass is 9.98. The molecule has 2 aliphatic carbocycles. The summed E-state index contributed by atoms with van der Waals surface area (Å²) in [4.78, 5) is 15.0. The van der Waals surface area contributed by atoms with Crippen LogP contribution < -0.4 is 14.8 Å². The second-order valence-corrected chi connectivity index (χ2v) is 10.9. The minimum atomic E-state index is -3.70. The monoisotopic (exact) mass is 487 g/mol. The van der Waals surface area contributed by atoms with Crippen molar-refractivity contribution in [3.8, 4) is 12.1 Å². The Morgan fingerprint density at radius 2 is 1.91 bits per heavy atom. The predicted octanol–water partition coefficient (Wildman–Crippen LogP) is 2.37. The number of fused-ring (bicyclic) bond motifs is 3. The zero-order valence-electron chi connectivity index (χ0n) is 19.1. The van der Waals surface area contributed by atoms with E-state index >= 15 is 0 Å². The van der Waals surface area contributed by atoms with Crippen molar-refractivity contribution in [3.05, 3.63) is 34.3 Å². The summed E-state index contributed by atoms with van der Waals surface area (Å²) in [6, 6.07) is -0.799. The predicted molar refractivity (Wildman–Crippen MR) is 122 cm³/mol. The van der Waals surface area contributed by atoms with Crippen LogP contribution in [0.4, 0.5) is 14.9 Å². The van der Waals surface area contributed by atoms with Gasteiger partial charge in [-0.2, -0.15) is 10.4 Å². The van der Waals surface area contributed by atoms with E-state index in [1.165, 1.54) is 6.20 Å². The summed E-state index contributed by atoms with van der Waals surface area (Å²) < 4.78 is 42.0. The number of carbonyl (C=O) groups is 1. The van der Waals surface area contributed by atoms with Crippen LogP contribution in [0.5, 0.6) is 5.88 Å². The minimum Gasteiger partial charge on any atom is -0.475 e. The molecule has 2 aromatic rings. The molecule has 3 aliphatic rings. The molecule has 0 radical (unpaired) electrons. The molecule has 34 heavy (non-hydrogen) atoms. The highest BCUT2D eigenvalue weighted by atomic mass is 32.2. The lowest BCUT2D eigenvalue weighted by Crippen LogP contribution is -2.41. The zero-order valence-corrected chi connectivity index (χ0v) is 19.9. The molecule has 0 saturated carbocycles. The molecule has 0 unspecified atom stereocenters. The first-order chi connectivity index (χ1) is 16.3. The van der Waals surface area contributed by atoms with E-state index in [4.69, 9.17) is 4.74 Å². The molecule has 1 aromatic heterocycles. The number of hydrogen-bond acceptors (Lipinski definition) is 6. The average Bonchev–Trinajstić information content (AvgIpc) is 3.55. The number of carbonyl (C=O) groups excluding carboxylic acids is 1. The molecule has 0 saturated heterocycles. The Hall–Kier alpha value is -3.17. The molecular weight excluding hydrogens is 461 g/mol. The summed E-state index contributed by atoms with van der Waals surface area (Å²) in [5, 5.41) is 16.3. The van der Waals surface area contributed by atoms with Gasteiger partial charge in [-0.25, -0.2) is 22.8 Å². The van der Waals surface area contributed by atoms with Gasteiger partial charge in [0.15, 0.2) is 21.0 Å². The van der Waals surface area contributed by atoms with Crippen LogP contribution in [0.3, 0.4) is 0 Å². The highest BCUT2D eigenvalue weighted by molar-refractivity contribution is 7.92. The number of anilines is 1. The first kappa shape index (κ1) is 22.6. The van der Waals surface area contributed by atoms with Gasteiger partial charge < -0.3 is 15.0 Å². The summed E-state index contributed by atoms with van der Waals surface area (Å²) >= 11 is 0. The second-order valence-electron chi connectivity index (χ2n) is 9.00. The first-order valence-electron chi connectivity index (χ1n) is 11.3. The molecule has 10 nitrogen and oxygen atoms in total. The number of nitriles is 1. The number of amides is 2. The van der Waals surface area contributed by atoms with Gasteiger partial charge in [-0.1, -0.05) is 0 Å². The van der Waals surface area contributed by atoms with E-state index in [-0.39, 0.29) is 22.6 Å². The van der Waals surface area contributed by atoms with Crippen molar-refractivity contribution in [2.24, 2.45) is 4.36 Å². The lowest BCUT2D eigenvalue weighted by molar-refractivity contribution is 0.117. The summed E-state index contributed by atoms with van der Waals surface area (Å²) in [5.41, 5.74) is 3.48. The molecule has 2 N–H and O–H groups in total. The number of ether oxygens (including phenoxy) is 1. The molecular formula is C22H26FN7O3S. The van der Waals surface area contributed by atoms with Gasteiger partial charge in [0.2, 0.25) is 5.88 Å². The van der Waals surface area contributed by atoms with Crippen LogP contribution in [-0.4, -0.2) is 51.7 Å². The molecule has 1 aliphatic heterocycles. The molecule has 2 heterocycles. The van der Waals surface area contributed by atoms with E-state index in [2.05, 4.69) is 19.5 Å². The van der Waals surface area contributed by atoms with Gasteiger partial charge in [0, 0.05) is 5.69 Å². The van der Waals surface area contributed by atoms with Gasteiger partial charge in [0.25, 0.3) is 0 Å². The maximum Gasteiger partial charge on any atom is 0.355 e. The Bertz CT molecular complexity index is 1300. The van der Waals surface area contributed by atoms with Gasteiger partial charge >= 0.3 is 6.03 Å². The number of halogens is 1. The maximum atomic E-state index is 14.9. The quantitative estimate of drug-likeness (QED) is 0.504. The van der Waals surface area contributed by atoms with E-state index in [0.717, 1.165) is 24.0 Å². The second kappa shape index (κ2) is 8.56. The van der Waals surface area contributed by atoms with Crippen LogP contribution in [0, 0.1) is 17.3 Å². The number of nitrogens with zero attached hydrogens (tertiary/aromatic N) is 5. The van der Waals surface area contributed by atoms with Gasteiger partial charge in [0.1, 0.15) is 12.4 Å². The number of nitrogens with one attached hydrogen (secondary N) is 2. The lowest BCUT2D eigenvalue weighted by Gasteiger charge is -2.29. The van der Waals surface area contributed by atoms with Crippen molar-refractivity contribution >= 4 is 21.6 Å². The van der Waals surface area contributed by atoms with E-state index in [9.17, 15) is 18.7 Å². The number of likely N-dealkylation sites (N-methyl/N-ethyl adjacent to an activating group) is 1. The van der Waals surface area contributed by atoms with Crippen LogP contribution in [0.1, 0.15) is 35.1 Å². The van der Waals surface area contributed by atoms with Gasteiger partial charge in [-0.05, 0) is 74.9 Å². The molecule has 0 spiro atoms. The van der Waals surface area contributed by atoms with Crippen molar-refractivity contribution in [1.29, 1.82) is 5.26 Å². The summed E-state index contributed by atoms with van der Waals surface area (Å²) in [6.07, 6.45) is 7.18. The first-order valence-corrected chi connectivity index (χ1v) is 12.8. The third-order valence-corrected chi connectivity index (χ3v) is 8.45. The highest BCUT2D eigenvalue weighted by Gasteiger charge is 2.32. The molecule has 0 bridgehead atoms. The molecule has 1 aromatic carbocycles. The number of rotatable bonds is 4. The fourth-order valence-electron chi connectivity index (χ4n) is 5.04. The van der Waals surface area contributed by atoms with Crippen LogP contribution in [-0.2, 0) is 42.1 Å². The van der Waals surface area contributed by atoms with Gasteiger partial charge in [-0.15, -0.1) is 4.36 Å². The SMILES string of the molecule is CN(C)[C@@H]1COc2c([S@@](=O)(=NC(=O)Nc3c4c(c(F)c5c3CCC5)CCC4)NC#N)cnn2C1. The van der Waals surface area contributed by atoms with Crippen molar-refractivity contribution in [2.45, 2.75) is 56.0 Å². The Morgan fingerprint density at radius 3 is 2.53 bits per heavy atom. The van der Waals surface area contributed by atoms with Gasteiger partial charge in [-0.3, -0.25) is 0 Å². The maximum absolute atomic E-state index is 14.9. The van der Waals surface area contributed by atoms with Crippen LogP contribution in [0.25, 0.3) is 0 Å². The fourth-order valence-corrected chi connectivity index (χ4v) is 6.28. The van der Waals surface area contributed by atoms with Gasteiger partial charge in [0.05, 0.1) is 18.8 Å². The molecule has 2 amide bonds. The number of urea groups is 1. The largest absolute Gasteiger partial charge is 0.475 e.